The van der Waals surface area contributed by atoms with Crippen molar-refractivity contribution in [3.05, 3.63) is 53.0 Å². The van der Waals surface area contributed by atoms with Crippen LogP contribution < -0.4 is 10.0 Å². The monoisotopic (exact) mass is 422 g/mol. The predicted molar refractivity (Wildman–Crippen MR) is 108 cm³/mol. The van der Waals surface area contributed by atoms with Gasteiger partial charge in [-0.3, -0.25) is 4.79 Å². The molecule has 158 valence electrons. The van der Waals surface area contributed by atoms with Gasteiger partial charge >= 0.3 is 0 Å². The molecule has 0 radical (unpaired) electrons. The molecule has 0 bridgehead atoms. The predicted octanol–water partition coefficient (Wildman–Crippen LogP) is 3.17. The first-order valence-corrected chi connectivity index (χ1v) is 11.3. The molecule has 1 aromatic rings. The third-order valence-electron chi connectivity index (χ3n) is 5.43. The molecule has 2 aliphatic rings. The number of aliphatic hydroxyl groups excluding tert-OH is 1. The molecule has 3 rings (SSSR count). The van der Waals surface area contributed by atoms with Crippen molar-refractivity contribution in [2.24, 2.45) is 5.92 Å². The van der Waals surface area contributed by atoms with Crippen molar-refractivity contribution in [2.45, 2.75) is 63.0 Å². The van der Waals surface area contributed by atoms with Crippen LogP contribution in [0.3, 0.4) is 0 Å². The van der Waals surface area contributed by atoms with E-state index >= 15 is 0 Å². The lowest BCUT2D eigenvalue weighted by atomic mass is 9.94. The van der Waals surface area contributed by atoms with E-state index in [0.29, 0.717) is 43.4 Å². The highest BCUT2D eigenvalue weighted by molar-refractivity contribution is 7.89. The Morgan fingerprint density at radius 1 is 1.21 bits per heavy atom. The number of hydrogen-bond acceptors (Lipinski definition) is 4. The molecule has 0 spiro atoms. The van der Waals surface area contributed by atoms with E-state index in [0.717, 1.165) is 0 Å². The summed E-state index contributed by atoms with van der Waals surface area (Å²) >= 11 is 0. The minimum Gasteiger partial charge on any atom is -0.393 e. The first-order valence-electron chi connectivity index (χ1n) is 9.84. The lowest BCUT2D eigenvalue weighted by molar-refractivity contribution is 0.0963. The summed E-state index contributed by atoms with van der Waals surface area (Å²) in [5.74, 6) is -0.922. The molecule has 1 saturated carbocycles. The Labute approximate surface area is 170 Å². The van der Waals surface area contributed by atoms with Crippen molar-refractivity contribution in [3.63, 3.8) is 0 Å². The van der Waals surface area contributed by atoms with Crippen LogP contribution >= 0.6 is 0 Å². The molecule has 1 amide bonds. The van der Waals surface area contributed by atoms with Gasteiger partial charge in [-0.2, -0.15) is 0 Å². The van der Waals surface area contributed by atoms with E-state index in [1.54, 1.807) is 26.0 Å². The van der Waals surface area contributed by atoms with Gasteiger partial charge in [-0.1, -0.05) is 13.0 Å². The molecule has 1 unspecified atom stereocenters. The molecule has 0 aromatic heterocycles. The smallest absolute Gasteiger partial charge is 0.255 e. The third kappa shape index (κ3) is 5.32. The van der Waals surface area contributed by atoms with E-state index in [1.165, 1.54) is 18.2 Å². The van der Waals surface area contributed by atoms with Gasteiger partial charge < -0.3 is 10.4 Å². The number of benzene rings is 1. The van der Waals surface area contributed by atoms with Crippen LogP contribution in [0.5, 0.6) is 0 Å². The summed E-state index contributed by atoms with van der Waals surface area (Å²) in [6.07, 6.45) is 3.91. The zero-order valence-electron chi connectivity index (χ0n) is 16.6. The molecular formula is C21H27FN2O4S. The number of hydrogen-bond donors (Lipinski definition) is 3. The van der Waals surface area contributed by atoms with Gasteiger partial charge in [0.05, 0.1) is 11.0 Å². The number of nitrogens with one attached hydrogen (secondary N) is 2. The largest absolute Gasteiger partial charge is 0.393 e. The van der Waals surface area contributed by atoms with Crippen molar-refractivity contribution in [2.75, 3.05) is 0 Å². The summed E-state index contributed by atoms with van der Waals surface area (Å²) < 4.78 is 41.9. The van der Waals surface area contributed by atoms with Crippen LogP contribution in [0.4, 0.5) is 4.39 Å². The van der Waals surface area contributed by atoms with Crippen molar-refractivity contribution < 1.29 is 22.7 Å². The van der Waals surface area contributed by atoms with Crippen LogP contribution in [0.15, 0.2) is 52.3 Å². The van der Waals surface area contributed by atoms with Gasteiger partial charge in [0, 0.05) is 23.2 Å². The van der Waals surface area contributed by atoms with Crippen LogP contribution in [0, 0.1) is 5.92 Å². The normalized spacial score (nSPS) is 25.5. The number of amides is 1. The second-order valence-electron chi connectivity index (χ2n) is 7.91. The summed E-state index contributed by atoms with van der Waals surface area (Å²) in [6, 6.07) is 5.63. The number of halogens is 1. The first-order chi connectivity index (χ1) is 13.7. The fourth-order valence-corrected chi connectivity index (χ4v) is 5.14. The van der Waals surface area contributed by atoms with Crippen LogP contribution in [0.25, 0.3) is 0 Å². The number of aliphatic hydroxyl groups is 1. The van der Waals surface area contributed by atoms with E-state index in [2.05, 4.69) is 10.0 Å². The zero-order valence-corrected chi connectivity index (χ0v) is 17.4. The number of carbonyl (C=O) groups is 1. The molecule has 3 N–H and O–H groups in total. The van der Waals surface area contributed by atoms with Gasteiger partial charge in [0.2, 0.25) is 10.0 Å². The number of allylic oxidation sites excluding steroid dienone is 4. The lowest BCUT2D eigenvalue weighted by Crippen LogP contribution is -2.38. The second-order valence-corrected chi connectivity index (χ2v) is 9.63. The summed E-state index contributed by atoms with van der Waals surface area (Å²) in [5, 5.41) is 12.3. The van der Waals surface area contributed by atoms with E-state index in [9.17, 15) is 22.7 Å². The number of rotatable bonds is 5. The van der Waals surface area contributed by atoms with Gasteiger partial charge in [-0.05, 0) is 68.9 Å². The highest BCUT2D eigenvalue weighted by Crippen LogP contribution is 2.29. The molecule has 1 atom stereocenters. The van der Waals surface area contributed by atoms with Gasteiger partial charge in [0.15, 0.2) is 0 Å². The summed E-state index contributed by atoms with van der Waals surface area (Å²) in [6.45, 7) is 3.40. The Balaban J connectivity index is 1.72. The molecule has 6 nitrogen and oxygen atoms in total. The van der Waals surface area contributed by atoms with E-state index in [1.807, 2.05) is 0 Å². The fraction of sp³-hybridized carbons (Fsp3) is 0.476. The van der Waals surface area contributed by atoms with Crippen molar-refractivity contribution >= 4 is 15.9 Å². The average Bonchev–Trinajstić information content (AvgIpc) is 2.68. The fourth-order valence-electron chi connectivity index (χ4n) is 3.79. The topological polar surface area (TPSA) is 95.5 Å². The quantitative estimate of drug-likeness (QED) is 0.679. The average molecular weight is 423 g/mol. The summed E-state index contributed by atoms with van der Waals surface area (Å²) in [7, 11) is -3.77. The first kappa shape index (κ1) is 21.7. The van der Waals surface area contributed by atoms with Crippen LogP contribution in [0.1, 0.15) is 56.3 Å². The maximum absolute atomic E-state index is 13.8. The standard InChI is InChI=1S/C21H27FN2O4S/c1-13-10-17(11-14(2)20(13)22)23-21(26)15-4-3-5-19(12-15)29(27,28)24-16-6-8-18(25)9-7-16/h3-5,10,12,14,16,18,24-25H,6-9,11H2,1-2H3,(H,23,26). The van der Waals surface area contributed by atoms with E-state index in [-0.39, 0.29) is 34.3 Å². The van der Waals surface area contributed by atoms with E-state index < -0.39 is 15.9 Å². The highest BCUT2D eigenvalue weighted by Gasteiger charge is 2.26. The third-order valence-corrected chi connectivity index (χ3v) is 6.94. The Morgan fingerprint density at radius 3 is 2.55 bits per heavy atom. The number of sulfonamides is 1. The van der Waals surface area contributed by atoms with Crippen LogP contribution in [0.2, 0.25) is 0 Å². The molecule has 2 aliphatic carbocycles. The van der Waals surface area contributed by atoms with Crippen molar-refractivity contribution in [1.82, 2.24) is 10.0 Å². The molecular weight excluding hydrogens is 395 g/mol. The summed E-state index contributed by atoms with van der Waals surface area (Å²) in [5.41, 5.74) is 1.30. The van der Waals surface area contributed by atoms with Gasteiger partial charge in [0.25, 0.3) is 5.91 Å². The Morgan fingerprint density at radius 2 is 1.90 bits per heavy atom. The lowest BCUT2D eigenvalue weighted by Gasteiger charge is -2.26. The Kier molecular flexibility index (Phi) is 6.55. The van der Waals surface area contributed by atoms with Crippen LogP contribution in [-0.2, 0) is 10.0 Å². The Bertz CT molecular complexity index is 947. The SMILES string of the molecule is CC1=C(F)C(C)CC(NC(=O)c2cccc(S(=O)(=O)NC3CCC(O)CC3)c2)=C1. The van der Waals surface area contributed by atoms with Gasteiger partial charge in [-0.15, -0.1) is 0 Å². The van der Waals surface area contributed by atoms with E-state index in [4.69, 9.17) is 0 Å². The van der Waals surface area contributed by atoms with Gasteiger partial charge in [-0.25, -0.2) is 17.5 Å². The molecule has 8 heteroatoms. The van der Waals surface area contributed by atoms with Crippen molar-refractivity contribution in [1.29, 1.82) is 0 Å². The molecule has 29 heavy (non-hydrogen) atoms. The molecule has 1 aromatic carbocycles. The Hall–Kier alpha value is -2.03. The summed E-state index contributed by atoms with van der Waals surface area (Å²) in [4.78, 5) is 12.6. The molecule has 0 aliphatic heterocycles. The minimum atomic E-state index is -3.77. The van der Waals surface area contributed by atoms with Crippen molar-refractivity contribution in [3.8, 4) is 0 Å². The maximum atomic E-state index is 13.8. The number of carbonyl (C=O) groups excluding carboxylic acids is 1. The zero-order chi connectivity index (χ0) is 21.2. The molecule has 0 saturated heterocycles. The molecule has 1 fully saturated rings. The minimum absolute atomic E-state index is 0.0179. The molecule has 0 heterocycles. The van der Waals surface area contributed by atoms with Gasteiger partial charge in [0.1, 0.15) is 5.83 Å². The maximum Gasteiger partial charge on any atom is 0.255 e. The van der Waals surface area contributed by atoms with Crippen LogP contribution in [-0.4, -0.2) is 31.6 Å². The second kappa shape index (κ2) is 8.77. The highest BCUT2D eigenvalue weighted by atomic mass is 32.2.